The maximum atomic E-state index is 5.48. The Hall–Kier alpha value is -0.510. The second-order valence-electron chi connectivity index (χ2n) is 4.88. The molecule has 1 unspecified atom stereocenters. The molecule has 1 aliphatic rings. The first-order chi connectivity index (χ1) is 8.83. The summed E-state index contributed by atoms with van der Waals surface area (Å²) in [5.41, 5.74) is 1.25. The highest BCUT2D eigenvalue weighted by Crippen LogP contribution is 2.35. The molecule has 1 N–H and O–H groups in total. The van der Waals surface area contributed by atoms with E-state index in [4.69, 9.17) is 4.74 Å². The van der Waals surface area contributed by atoms with Crippen LogP contribution in [-0.2, 0) is 4.74 Å². The summed E-state index contributed by atoms with van der Waals surface area (Å²) in [5, 5.41) is 4.00. The van der Waals surface area contributed by atoms with Crippen LogP contribution in [-0.4, -0.2) is 26.0 Å². The highest BCUT2D eigenvalue weighted by Gasteiger charge is 2.16. The lowest BCUT2D eigenvalue weighted by Gasteiger charge is -2.16. The molecule has 1 aliphatic carbocycles. The van der Waals surface area contributed by atoms with Crippen LogP contribution in [0.1, 0.15) is 37.4 Å². The predicted octanol–water partition coefficient (Wildman–Crippen LogP) is 3.63. The van der Waals surface area contributed by atoms with Crippen LogP contribution in [0.2, 0.25) is 0 Å². The Kier molecular flexibility index (Phi) is 5.54. The molecule has 0 saturated heterocycles. The molecule has 0 amide bonds. The molecule has 18 heavy (non-hydrogen) atoms. The minimum absolute atomic E-state index is 0.153. The predicted molar refractivity (Wildman–Crippen MR) is 78.2 cm³/mol. The zero-order valence-corrected chi connectivity index (χ0v) is 12.1. The Morgan fingerprint density at radius 1 is 1.28 bits per heavy atom. The zero-order valence-electron chi connectivity index (χ0n) is 11.3. The van der Waals surface area contributed by atoms with Gasteiger partial charge in [0.1, 0.15) is 0 Å². The Morgan fingerprint density at radius 3 is 2.50 bits per heavy atom. The van der Waals surface area contributed by atoms with E-state index >= 15 is 0 Å². The van der Waals surface area contributed by atoms with Crippen molar-refractivity contribution in [3.05, 3.63) is 29.8 Å². The van der Waals surface area contributed by atoms with E-state index < -0.39 is 0 Å². The Bertz CT molecular complexity index is 346. The van der Waals surface area contributed by atoms with E-state index in [9.17, 15) is 0 Å². The topological polar surface area (TPSA) is 21.3 Å². The number of ether oxygens (including phenoxy) is 1. The van der Waals surface area contributed by atoms with E-state index in [1.807, 2.05) is 18.8 Å². The van der Waals surface area contributed by atoms with Gasteiger partial charge in [-0.3, -0.25) is 0 Å². The highest BCUT2D eigenvalue weighted by atomic mass is 32.2. The highest BCUT2D eigenvalue weighted by molar-refractivity contribution is 8.00. The van der Waals surface area contributed by atoms with Gasteiger partial charge in [-0.15, -0.1) is 11.8 Å². The molecule has 1 aromatic carbocycles. The number of methoxy groups -OCH3 is 1. The minimum atomic E-state index is 0.153. The molecular weight excluding hydrogens is 242 g/mol. The number of hydrogen-bond acceptors (Lipinski definition) is 3. The fraction of sp³-hybridized carbons (Fsp3) is 0.600. The van der Waals surface area contributed by atoms with E-state index in [0.29, 0.717) is 0 Å². The average Bonchev–Trinajstić information content (AvgIpc) is 2.90. The van der Waals surface area contributed by atoms with Gasteiger partial charge in [0.15, 0.2) is 0 Å². The molecule has 3 heteroatoms. The van der Waals surface area contributed by atoms with Crippen molar-refractivity contribution in [1.29, 1.82) is 0 Å². The van der Waals surface area contributed by atoms with Gasteiger partial charge >= 0.3 is 0 Å². The van der Waals surface area contributed by atoms with Crippen LogP contribution in [0.5, 0.6) is 0 Å². The monoisotopic (exact) mass is 265 g/mol. The molecule has 100 valence electrons. The third-order valence-corrected chi connectivity index (χ3v) is 4.88. The van der Waals surface area contributed by atoms with Crippen LogP contribution < -0.4 is 5.32 Å². The molecule has 2 rings (SSSR count). The van der Waals surface area contributed by atoms with Crippen molar-refractivity contribution in [2.75, 3.05) is 20.7 Å². The van der Waals surface area contributed by atoms with Gasteiger partial charge in [0, 0.05) is 23.8 Å². The lowest BCUT2D eigenvalue weighted by Crippen LogP contribution is -2.18. The van der Waals surface area contributed by atoms with E-state index in [1.165, 1.54) is 36.1 Å². The maximum absolute atomic E-state index is 5.48. The standard InChI is InChI=1S/C15H23NOS/c1-16-11-15(17-2)12-7-9-14(10-8-12)18-13-5-3-4-6-13/h7-10,13,15-16H,3-6,11H2,1-2H3. The minimum Gasteiger partial charge on any atom is -0.375 e. The van der Waals surface area contributed by atoms with E-state index in [1.54, 1.807) is 7.11 Å². The Labute approximate surface area is 114 Å². The van der Waals surface area contributed by atoms with Gasteiger partial charge in [-0.25, -0.2) is 0 Å². The van der Waals surface area contributed by atoms with Gasteiger partial charge in [-0.1, -0.05) is 25.0 Å². The molecular formula is C15H23NOS. The second-order valence-corrected chi connectivity index (χ2v) is 6.25. The van der Waals surface area contributed by atoms with Crippen LogP contribution in [0.4, 0.5) is 0 Å². The maximum Gasteiger partial charge on any atom is 0.0945 e. The fourth-order valence-corrected chi connectivity index (χ4v) is 3.73. The summed E-state index contributed by atoms with van der Waals surface area (Å²) in [7, 11) is 3.72. The lowest BCUT2D eigenvalue weighted by atomic mass is 10.1. The summed E-state index contributed by atoms with van der Waals surface area (Å²) in [6, 6.07) is 8.87. The fourth-order valence-electron chi connectivity index (χ4n) is 2.48. The molecule has 1 aromatic rings. The van der Waals surface area contributed by atoms with Gasteiger partial charge in [-0.05, 0) is 37.6 Å². The third kappa shape index (κ3) is 3.74. The van der Waals surface area contributed by atoms with Gasteiger partial charge in [0.2, 0.25) is 0 Å². The molecule has 0 radical (unpaired) electrons. The molecule has 1 saturated carbocycles. The summed E-state index contributed by atoms with van der Waals surface area (Å²) >= 11 is 2.04. The summed E-state index contributed by atoms with van der Waals surface area (Å²) in [4.78, 5) is 1.39. The summed E-state index contributed by atoms with van der Waals surface area (Å²) in [5.74, 6) is 0. The number of hydrogen-bond donors (Lipinski definition) is 1. The molecule has 0 aromatic heterocycles. The molecule has 1 fully saturated rings. The number of likely N-dealkylation sites (N-methyl/N-ethyl adjacent to an activating group) is 1. The molecule has 0 bridgehead atoms. The average molecular weight is 265 g/mol. The van der Waals surface area contributed by atoms with Gasteiger partial charge in [0.05, 0.1) is 6.10 Å². The SMILES string of the molecule is CNCC(OC)c1ccc(SC2CCCC2)cc1. The summed E-state index contributed by atoms with van der Waals surface area (Å²) < 4.78 is 5.48. The van der Waals surface area contributed by atoms with Crippen molar-refractivity contribution < 1.29 is 4.74 Å². The van der Waals surface area contributed by atoms with Crippen molar-refractivity contribution in [2.24, 2.45) is 0 Å². The first kappa shape index (κ1) is 13.9. The summed E-state index contributed by atoms with van der Waals surface area (Å²) in [6.07, 6.45) is 5.73. The van der Waals surface area contributed by atoms with Crippen molar-refractivity contribution >= 4 is 11.8 Å². The van der Waals surface area contributed by atoms with Gasteiger partial charge < -0.3 is 10.1 Å². The number of rotatable bonds is 6. The quantitative estimate of drug-likeness (QED) is 0.848. The largest absolute Gasteiger partial charge is 0.375 e. The van der Waals surface area contributed by atoms with Gasteiger partial charge in [0.25, 0.3) is 0 Å². The second kappa shape index (κ2) is 7.17. The normalized spacial score (nSPS) is 18.1. The zero-order chi connectivity index (χ0) is 12.8. The summed E-state index contributed by atoms with van der Waals surface area (Å²) in [6.45, 7) is 0.853. The molecule has 1 atom stereocenters. The van der Waals surface area contributed by atoms with Crippen LogP contribution in [0.25, 0.3) is 0 Å². The smallest absolute Gasteiger partial charge is 0.0945 e. The number of thioether (sulfide) groups is 1. The molecule has 2 nitrogen and oxygen atoms in total. The van der Waals surface area contributed by atoms with Crippen LogP contribution >= 0.6 is 11.8 Å². The van der Waals surface area contributed by atoms with E-state index in [0.717, 1.165) is 11.8 Å². The first-order valence-electron chi connectivity index (χ1n) is 6.77. The molecule has 0 aliphatic heterocycles. The van der Waals surface area contributed by atoms with Crippen molar-refractivity contribution in [3.8, 4) is 0 Å². The number of benzene rings is 1. The van der Waals surface area contributed by atoms with Crippen LogP contribution in [0.3, 0.4) is 0 Å². The first-order valence-corrected chi connectivity index (χ1v) is 7.65. The van der Waals surface area contributed by atoms with Gasteiger partial charge in [-0.2, -0.15) is 0 Å². The van der Waals surface area contributed by atoms with Crippen LogP contribution in [0.15, 0.2) is 29.2 Å². The van der Waals surface area contributed by atoms with Crippen molar-refractivity contribution in [2.45, 2.75) is 41.9 Å². The van der Waals surface area contributed by atoms with Crippen LogP contribution in [0, 0.1) is 0 Å². The van der Waals surface area contributed by atoms with E-state index in [-0.39, 0.29) is 6.10 Å². The van der Waals surface area contributed by atoms with Crippen molar-refractivity contribution in [3.63, 3.8) is 0 Å². The Balaban J connectivity index is 1.95. The third-order valence-electron chi connectivity index (χ3n) is 3.53. The molecule has 0 spiro atoms. The van der Waals surface area contributed by atoms with Crippen molar-refractivity contribution in [1.82, 2.24) is 5.32 Å². The van der Waals surface area contributed by atoms with E-state index in [2.05, 4.69) is 29.6 Å². The molecule has 0 heterocycles. The lowest BCUT2D eigenvalue weighted by molar-refractivity contribution is 0.104. The number of nitrogens with one attached hydrogen (secondary N) is 1. The Morgan fingerprint density at radius 2 is 1.94 bits per heavy atom.